The standard InChI is InChI=1S/C11H11NO4/c1-7-2-3-8(10(13)14)6-9(7)12-4-5-16-11(12)15/h2-3,6H,4-5H2,1H3,(H,13,14). The van der Waals surface area contributed by atoms with Crippen molar-refractivity contribution in [2.24, 2.45) is 0 Å². The molecular formula is C11H11NO4. The summed E-state index contributed by atoms with van der Waals surface area (Å²) in [4.78, 5) is 23.6. The van der Waals surface area contributed by atoms with Gasteiger partial charge in [0.05, 0.1) is 17.8 Å². The van der Waals surface area contributed by atoms with Crippen molar-refractivity contribution in [1.29, 1.82) is 0 Å². The molecule has 0 atom stereocenters. The molecule has 1 aromatic rings. The zero-order chi connectivity index (χ0) is 11.7. The van der Waals surface area contributed by atoms with Gasteiger partial charge < -0.3 is 9.84 Å². The molecule has 5 heteroatoms. The lowest BCUT2D eigenvalue weighted by Gasteiger charge is -2.15. The van der Waals surface area contributed by atoms with Gasteiger partial charge in [-0.3, -0.25) is 4.90 Å². The highest BCUT2D eigenvalue weighted by Crippen LogP contribution is 2.24. The van der Waals surface area contributed by atoms with E-state index in [0.717, 1.165) is 5.56 Å². The first-order valence-corrected chi connectivity index (χ1v) is 4.88. The number of carbonyl (C=O) groups excluding carboxylic acids is 1. The smallest absolute Gasteiger partial charge is 0.414 e. The summed E-state index contributed by atoms with van der Waals surface area (Å²) in [6.45, 7) is 2.63. The van der Waals surface area contributed by atoms with Crippen molar-refractivity contribution < 1.29 is 19.4 Å². The molecule has 1 fully saturated rings. The first-order valence-electron chi connectivity index (χ1n) is 4.88. The maximum atomic E-state index is 11.4. The lowest BCUT2D eigenvalue weighted by molar-refractivity contribution is 0.0697. The topological polar surface area (TPSA) is 66.8 Å². The van der Waals surface area contributed by atoms with Gasteiger partial charge in [0.15, 0.2) is 0 Å². The fraction of sp³-hybridized carbons (Fsp3) is 0.273. The first-order chi connectivity index (χ1) is 7.59. The van der Waals surface area contributed by atoms with Crippen LogP contribution in [-0.2, 0) is 4.74 Å². The van der Waals surface area contributed by atoms with E-state index in [0.29, 0.717) is 18.8 Å². The molecule has 1 aliphatic rings. The van der Waals surface area contributed by atoms with Crippen LogP contribution in [0.1, 0.15) is 15.9 Å². The molecule has 84 valence electrons. The number of cyclic esters (lactones) is 1. The molecule has 0 radical (unpaired) electrons. The zero-order valence-corrected chi connectivity index (χ0v) is 8.77. The largest absolute Gasteiger partial charge is 0.478 e. The SMILES string of the molecule is Cc1ccc(C(=O)O)cc1N1CCOC1=O. The Morgan fingerprint density at radius 2 is 2.25 bits per heavy atom. The number of ether oxygens (including phenoxy) is 1. The summed E-state index contributed by atoms with van der Waals surface area (Å²) in [6, 6.07) is 4.69. The van der Waals surface area contributed by atoms with E-state index in [1.165, 1.54) is 17.0 Å². The molecule has 0 aliphatic carbocycles. The van der Waals surface area contributed by atoms with Crippen LogP contribution in [0.3, 0.4) is 0 Å². The Hall–Kier alpha value is -2.04. The maximum absolute atomic E-state index is 11.4. The second kappa shape index (κ2) is 3.84. The molecule has 1 aliphatic heterocycles. The highest BCUT2D eigenvalue weighted by molar-refractivity contribution is 5.94. The van der Waals surface area contributed by atoms with Crippen molar-refractivity contribution >= 4 is 17.7 Å². The Bertz CT molecular complexity index is 455. The minimum atomic E-state index is -1.01. The summed E-state index contributed by atoms with van der Waals surface area (Å²) in [5, 5.41) is 8.87. The molecule has 0 bridgehead atoms. The van der Waals surface area contributed by atoms with E-state index < -0.39 is 12.1 Å². The molecule has 1 saturated heterocycles. The number of hydrogen-bond donors (Lipinski definition) is 1. The average Bonchev–Trinajstić information content (AvgIpc) is 2.65. The molecule has 5 nitrogen and oxygen atoms in total. The summed E-state index contributed by atoms with van der Waals surface area (Å²) >= 11 is 0. The number of hydrogen-bond acceptors (Lipinski definition) is 3. The third kappa shape index (κ3) is 1.71. The molecule has 1 N–H and O–H groups in total. The van der Waals surface area contributed by atoms with Crippen LogP contribution >= 0.6 is 0 Å². The van der Waals surface area contributed by atoms with E-state index in [4.69, 9.17) is 9.84 Å². The predicted molar refractivity (Wildman–Crippen MR) is 56.8 cm³/mol. The van der Waals surface area contributed by atoms with Gasteiger partial charge in [0.2, 0.25) is 0 Å². The summed E-state index contributed by atoms with van der Waals surface area (Å²) in [5.74, 6) is -1.01. The number of carbonyl (C=O) groups is 2. The summed E-state index contributed by atoms with van der Waals surface area (Å²) < 4.78 is 4.81. The van der Waals surface area contributed by atoms with Crippen molar-refractivity contribution in [2.45, 2.75) is 6.92 Å². The second-order valence-corrected chi connectivity index (χ2v) is 3.57. The number of benzene rings is 1. The van der Waals surface area contributed by atoms with Gasteiger partial charge in [-0.05, 0) is 24.6 Å². The predicted octanol–water partition coefficient (Wildman–Crippen LogP) is 1.65. The zero-order valence-electron chi connectivity index (χ0n) is 8.77. The molecule has 2 rings (SSSR count). The van der Waals surface area contributed by atoms with Crippen LogP contribution in [-0.4, -0.2) is 30.3 Å². The number of carboxylic acids is 1. The Labute approximate surface area is 92.2 Å². The normalized spacial score (nSPS) is 15.1. The van der Waals surface area contributed by atoms with Crippen LogP contribution in [0.2, 0.25) is 0 Å². The van der Waals surface area contributed by atoms with E-state index in [1.807, 2.05) is 6.92 Å². The number of carboxylic acid groups (broad SMARTS) is 1. The Morgan fingerprint density at radius 1 is 1.50 bits per heavy atom. The molecule has 0 spiro atoms. The third-order valence-electron chi connectivity index (χ3n) is 2.51. The molecule has 1 aromatic carbocycles. The number of aromatic carboxylic acids is 1. The van der Waals surface area contributed by atoms with E-state index in [2.05, 4.69) is 0 Å². The van der Waals surface area contributed by atoms with Crippen molar-refractivity contribution in [1.82, 2.24) is 0 Å². The second-order valence-electron chi connectivity index (χ2n) is 3.57. The van der Waals surface area contributed by atoms with Crippen LogP contribution < -0.4 is 4.90 Å². The molecule has 1 amide bonds. The highest BCUT2D eigenvalue weighted by atomic mass is 16.6. The van der Waals surface area contributed by atoms with Gasteiger partial charge in [-0.1, -0.05) is 6.07 Å². The summed E-state index contributed by atoms with van der Waals surface area (Å²) in [6.07, 6.45) is -0.425. The third-order valence-corrected chi connectivity index (χ3v) is 2.51. The van der Waals surface area contributed by atoms with Crippen LogP contribution in [0.25, 0.3) is 0 Å². The lowest BCUT2D eigenvalue weighted by atomic mass is 10.1. The summed E-state index contributed by atoms with van der Waals surface area (Å²) in [7, 11) is 0. The van der Waals surface area contributed by atoms with Gasteiger partial charge in [0, 0.05) is 0 Å². The number of nitrogens with zero attached hydrogens (tertiary/aromatic N) is 1. The Balaban J connectivity index is 2.42. The molecular weight excluding hydrogens is 210 g/mol. The number of amides is 1. The fourth-order valence-electron chi connectivity index (χ4n) is 1.65. The number of rotatable bonds is 2. The summed E-state index contributed by atoms with van der Waals surface area (Å²) in [5.41, 5.74) is 1.62. The Kier molecular flexibility index (Phi) is 2.52. The van der Waals surface area contributed by atoms with Gasteiger partial charge in [0.25, 0.3) is 0 Å². The first kappa shape index (κ1) is 10.5. The van der Waals surface area contributed by atoms with Gasteiger partial charge in [-0.15, -0.1) is 0 Å². The minimum absolute atomic E-state index is 0.167. The van der Waals surface area contributed by atoms with Crippen molar-refractivity contribution in [3.63, 3.8) is 0 Å². The van der Waals surface area contributed by atoms with Gasteiger partial charge in [-0.25, -0.2) is 9.59 Å². The maximum Gasteiger partial charge on any atom is 0.414 e. The van der Waals surface area contributed by atoms with E-state index >= 15 is 0 Å². The van der Waals surface area contributed by atoms with Gasteiger partial charge in [-0.2, -0.15) is 0 Å². The van der Waals surface area contributed by atoms with Crippen molar-refractivity contribution in [3.05, 3.63) is 29.3 Å². The molecule has 1 heterocycles. The van der Waals surface area contributed by atoms with E-state index in [1.54, 1.807) is 6.07 Å². The number of anilines is 1. The monoisotopic (exact) mass is 221 g/mol. The molecule has 0 saturated carbocycles. The van der Waals surface area contributed by atoms with Crippen LogP contribution in [0.5, 0.6) is 0 Å². The molecule has 16 heavy (non-hydrogen) atoms. The van der Waals surface area contributed by atoms with Crippen LogP contribution in [0, 0.1) is 6.92 Å². The van der Waals surface area contributed by atoms with Crippen LogP contribution in [0.15, 0.2) is 18.2 Å². The quantitative estimate of drug-likeness (QED) is 0.824. The van der Waals surface area contributed by atoms with Gasteiger partial charge >= 0.3 is 12.1 Å². The van der Waals surface area contributed by atoms with Gasteiger partial charge in [0.1, 0.15) is 6.61 Å². The minimum Gasteiger partial charge on any atom is -0.478 e. The van der Waals surface area contributed by atoms with Crippen molar-refractivity contribution in [2.75, 3.05) is 18.1 Å². The fourth-order valence-corrected chi connectivity index (χ4v) is 1.65. The van der Waals surface area contributed by atoms with E-state index in [-0.39, 0.29) is 5.56 Å². The Morgan fingerprint density at radius 3 is 2.81 bits per heavy atom. The lowest BCUT2D eigenvalue weighted by Crippen LogP contribution is -2.24. The van der Waals surface area contributed by atoms with Crippen LogP contribution in [0.4, 0.5) is 10.5 Å². The number of aryl methyl sites for hydroxylation is 1. The highest BCUT2D eigenvalue weighted by Gasteiger charge is 2.25. The van der Waals surface area contributed by atoms with E-state index in [9.17, 15) is 9.59 Å². The molecule has 0 aromatic heterocycles. The van der Waals surface area contributed by atoms with Crippen molar-refractivity contribution in [3.8, 4) is 0 Å². The molecule has 0 unspecified atom stereocenters. The average molecular weight is 221 g/mol.